The van der Waals surface area contributed by atoms with Crippen molar-refractivity contribution in [1.82, 2.24) is 19.5 Å². The summed E-state index contributed by atoms with van der Waals surface area (Å²) in [5.41, 5.74) is 8.01. The fourth-order valence-corrected chi connectivity index (χ4v) is 3.97. The molecule has 4 rings (SSSR count). The van der Waals surface area contributed by atoms with Crippen molar-refractivity contribution in [2.45, 2.75) is 6.54 Å². The Hall–Kier alpha value is -2.38. The second-order valence-corrected chi connectivity index (χ2v) is 7.80. The van der Waals surface area contributed by atoms with E-state index in [9.17, 15) is 4.79 Å². The van der Waals surface area contributed by atoms with Crippen LogP contribution >= 0.6 is 46.4 Å². The molecule has 4 aromatic rings. The Morgan fingerprint density at radius 2 is 1.66 bits per heavy atom. The highest BCUT2D eigenvalue weighted by Crippen LogP contribution is 2.30. The first-order valence-electron chi connectivity index (χ1n) is 8.25. The average Bonchev–Trinajstić information content (AvgIpc) is 3.04. The van der Waals surface area contributed by atoms with Crippen LogP contribution in [0, 0.1) is 0 Å². The number of hydrogen-bond acceptors (Lipinski definition) is 5. The standard InChI is InChI=1S/C19H11Cl4N5O/c20-11-3-1-10(2-4-11)16(29)14-12(21)5-9(6-13(14)22)7-28-8-25-15-17(23)26-19(24)27-18(15)28/h1-6,8H,7H2,(H2,24,26,27). The van der Waals surface area contributed by atoms with E-state index in [1.807, 2.05) is 0 Å². The minimum Gasteiger partial charge on any atom is -0.368 e. The lowest BCUT2D eigenvalue weighted by Gasteiger charge is -2.11. The number of benzene rings is 2. The molecule has 0 saturated carbocycles. The van der Waals surface area contributed by atoms with Crippen LogP contribution in [0.5, 0.6) is 0 Å². The van der Waals surface area contributed by atoms with Crippen molar-refractivity contribution in [2.75, 3.05) is 5.73 Å². The normalized spacial score (nSPS) is 11.2. The number of nitrogens with two attached hydrogens (primary N) is 1. The van der Waals surface area contributed by atoms with Crippen LogP contribution in [-0.4, -0.2) is 25.3 Å². The van der Waals surface area contributed by atoms with Crippen molar-refractivity contribution in [3.8, 4) is 0 Å². The van der Waals surface area contributed by atoms with E-state index in [1.165, 1.54) is 0 Å². The van der Waals surface area contributed by atoms with Gasteiger partial charge in [0, 0.05) is 10.6 Å². The molecule has 146 valence electrons. The molecule has 2 aromatic heterocycles. The molecular weight excluding hydrogens is 456 g/mol. The van der Waals surface area contributed by atoms with Gasteiger partial charge in [-0.2, -0.15) is 9.97 Å². The number of nitrogens with zero attached hydrogens (tertiary/aromatic N) is 4. The number of aromatic nitrogens is 4. The van der Waals surface area contributed by atoms with Gasteiger partial charge in [0.15, 0.2) is 16.6 Å². The maximum atomic E-state index is 12.8. The summed E-state index contributed by atoms with van der Waals surface area (Å²) in [5, 5.41) is 1.19. The van der Waals surface area contributed by atoms with Gasteiger partial charge in [0.05, 0.1) is 28.5 Å². The van der Waals surface area contributed by atoms with Crippen LogP contribution in [0.4, 0.5) is 5.95 Å². The first-order valence-corrected chi connectivity index (χ1v) is 9.76. The Morgan fingerprint density at radius 3 is 2.31 bits per heavy atom. The van der Waals surface area contributed by atoms with E-state index in [4.69, 9.17) is 52.1 Å². The smallest absolute Gasteiger partial charge is 0.223 e. The Balaban J connectivity index is 1.69. The topological polar surface area (TPSA) is 86.7 Å². The molecule has 0 aliphatic heterocycles. The second-order valence-electron chi connectivity index (χ2n) is 6.19. The lowest BCUT2D eigenvalue weighted by Crippen LogP contribution is -2.06. The summed E-state index contributed by atoms with van der Waals surface area (Å²) >= 11 is 24.7. The van der Waals surface area contributed by atoms with Gasteiger partial charge in [0.1, 0.15) is 5.52 Å². The zero-order chi connectivity index (χ0) is 20.7. The summed E-state index contributed by atoms with van der Waals surface area (Å²) < 4.78 is 1.74. The maximum absolute atomic E-state index is 12.8. The molecule has 2 N–H and O–H groups in total. The van der Waals surface area contributed by atoms with Crippen LogP contribution in [-0.2, 0) is 6.54 Å². The van der Waals surface area contributed by atoms with Gasteiger partial charge >= 0.3 is 0 Å². The number of anilines is 1. The number of ketones is 1. The van der Waals surface area contributed by atoms with Crippen LogP contribution < -0.4 is 5.73 Å². The zero-order valence-corrected chi connectivity index (χ0v) is 17.6. The molecule has 0 radical (unpaired) electrons. The third kappa shape index (κ3) is 3.89. The highest BCUT2D eigenvalue weighted by atomic mass is 35.5. The third-order valence-electron chi connectivity index (χ3n) is 4.23. The lowest BCUT2D eigenvalue weighted by atomic mass is 10.0. The third-order valence-corrected chi connectivity index (χ3v) is 5.34. The highest BCUT2D eigenvalue weighted by molar-refractivity contribution is 6.41. The van der Waals surface area contributed by atoms with Gasteiger partial charge in [-0.15, -0.1) is 0 Å². The quantitative estimate of drug-likeness (QED) is 0.325. The van der Waals surface area contributed by atoms with E-state index in [-0.39, 0.29) is 32.5 Å². The van der Waals surface area contributed by atoms with E-state index in [2.05, 4.69) is 15.0 Å². The fourth-order valence-electron chi connectivity index (χ4n) is 2.92. The molecule has 2 heterocycles. The minimum atomic E-state index is -0.288. The molecule has 0 fully saturated rings. The summed E-state index contributed by atoms with van der Waals surface area (Å²) in [6.45, 7) is 0.345. The molecule has 0 amide bonds. The van der Waals surface area contributed by atoms with Crippen molar-refractivity contribution in [1.29, 1.82) is 0 Å². The van der Waals surface area contributed by atoms with E-state index in [0.717, 1.165) is 5.56 Å². The summed E-state index contributed by atoms with van der Waals surface area (Å²) in [7, 11) is 0. The van der Waals surface area contributed by atoms with Gasteiger partial charge in [-0.25, -0.2) is 4.98 Å². The van der Waals surface area contributed by atoms with Crippen molar-refractivity contribution in [3.63, 3.8) is 0 Å². The predicted molar refractivity (Wildman–Crippen MR) is 115 cm³/mol. The summed E-state index contributed by atoms with van der Waals surface area (Å²) in [6, 6.07) is 9.86. The van der Waals surface area contributed by atoms with Crippen LogP contribution in [0.2, 0.25) is 20.2 Å². The molecule has 0 aliphatic rings. The van der Waals surface area contributed by atoms with Crippen molar-refractivity contribution in [3.05, 3.63) is 79.6 Å². The van der Waals surface area contributed by atoms with E-state index in [0.29, 0.717) is 28.3 Å². The number of imidazole rings is 1. The number of carbonyl (C=O) groups is 1. The number of hydrogen-bond donors (Lipinski definition) is 1. The van der Waals surface area contributed by atoms with E-state index in [1.54, 1.807) is 47.3 Å². The van der Waals surface area contributed by atoms with Crippen molar-refractivity contribution in [2.24, 2.45) is 0 Å². The summed E-state index contributed by atoms with van der Waals surface area (Å²) in [6.07, 6.45) is 1.57. The van der Waals surface area contributed by atoms with Gasteiger partial charge in [-0.1, -0.05) is 46.4 Å². The Kier molecular flexibility index (Phi) is 5.36. The molecular formula is C19H11Cl4N5O. The number of nitrogen functional groups attached to an aromatic ring is 1. The van der Waals surface area contributed by atoms with E-state index < -0.39 is 0 Å². The van der Waals surface area contributed by atoms with Gasteiger partial charge in [-0.05, 0) is 42.0 Å². The molecule has 0 spiro atoms. The minimum absolute atomic E-state index is 0.0456. The van der Waals surface area contributed by atoms with Crippen LogP contribution in [0.3, 0.4) is 0 Å². The Bertz CT molecular complexity index is 1230. The molecule has 0 saturated heterocycles. The molecule has 0 bridgehead atoms. The number of halogens is 4. The fraction of sp³-hybridized carbons (Fsp3) is 0.0526. The predicted octanol–water partition coefficient (Wildman–Crippen LogP) is 5.30. The number of rotatable bonds is 4. The van der Waals surface area contributed by atoms with Crippen LogP contribution in [0.1, 0.15) is 21.5 Å². The van der Waals surface area contributed by atoms with Gasteiger partial charge < -0.3 is 10.3 Å². The average molecular weight is 467 g/mol. The molecule has 29 heavy (non-hydrogen) atoms. The first kappa shape index (κ1) is 19.9. The van der Waals surface area contributed by atoms with E-state index >= 15 is 0 Å². The zero-order valence-electron chi connectivity index (χ0n) is 14.5. The van der Waals surface area contributed by atoms with Gasteiger partial charge in [0.2, 0.25) is 5.95 Å². The maximum Gasteiger partial charge on any atom is 0.223 e. The first-order chi connectivity index (χ1) is 13.8. The largest absolute Gasteiger partial charge is 0.368 e. The number of fused-ring (bicyclic) bond motifs is 1. The molecule has 0 atom stereocenters. The van der Waals surface area contributed by atoms with Gasteiger partial charge in [-0.3, -0.25) is 4.79 Å². The highest BCUT2D eigenvalue weighted by Gasteiger charge is 2.19. The number of carbonyl (C=O) groups excluding carboxylic acids is 1. The Morgan fingerprint density at radius 1 is 1.00 bits per heavy atom. The molecule has 0 unspecified atom stereocenters. The van der Waals surface area contributed by atoms with Crippen LogP contribution in [0.25, 0.3) is 11.2 Å². The summed E-state index contributed by atoms with van der Waals surface area (Å²) in [4.78, 5) is 25.1. The SMILES string of the molecule is Nc1nc(Cl)c2ncn(Cc3cc(Cl)c(C(=O)c4ccc(Cl)cc4)c(Cl)c3)c2n1. The molecule has 6 nitrogen and oxygen atoms in total. The van der Waals surface area contributed by atoms with Gasteiger partial charge in [0.25, 0.3) is 0 Å². The molecule has 0 aliphatic carbocycles. The Labute approximate surface area is 185 Å². The lowest BCUT2D eigenvalue weighted by molar-refractivity contribution is 0.103. The second kappa shape index (κ2) is 7.80. The monoisotopic (exact) mass is 465 g/mol. The molecule has 10 heteroatoms. The van der Waals surface area contributed by atoms with Crippen molar-refractivity contribution >= 4 is 69.3 Å². The van der Waals surface area contributed by atoms with Crippen molar-refractivity contribution < 1.29 is 4.79 Å². The molecule has 2 aromatic carbocycles. The summed E-state index contributed by atoms with van der Waals surface area (Å²) in [5.74, 6) is -0.243. The van der Waals surface area contributed by atoms with Crippen LogP contribution in [0.15, 0.2) is 42.7 Å².